The Morgan fingerprint density at radius 1 is 0.769 bits per heavy atom. The largest absolute Gasteiger partial charge is 0.305 e. The van der Waals surface area contributed by atoms with Crippen LogP contribution in [0.2, 0.25) is 0 Å². The van der Waals surface area contributed by atoms with Crippen molar-refractivity contribution in [1.82, 2.24) is 10.6 Å². The predicted octanol–water partition coefficient (Wildman–Crippen LogP) is 0.958. The summed E-state index contributed by atoms with van der Waals surface area (Å²) in [5, 5.41) is 5.74. The van der Waals surface area contributed by atoms with E-state index in [1.165, 1.54) is 23.5 Å². The Morgan fingerprint density at radius 2 is 1.19 bits per heavy atom. The molecule has 26 heavy (non-hydrogen) atoms. The first-order chi connectivity index (χ1) is 12.5. The van der Waals surface area contributed by atoms with Crippen molar-refractivity contribution in [3.05, 3.63) is 35.4 Å². The topological polar surface area (TPSA) is 117 Å². The summed E-state index contributed by atoms with van der Waals surface area (Å²) in [6.45, 7) is 0. The molecule has 0 saturated heterocycles. The fraction of sp³-hybridized carbons (Fsp3) is 0.250. The Hall–Kier alpha value is -2.46. The molecule has 4 amide bonds. The highest BCUT2D eigenvalue weighted by molar-refractivity contribution is 8.13. The van der Waals surface area contributed by atoms with Gasteiger partial charge in [0.05, 0.1) is 0 Å². The SMILES string of the molecule is O=C1CC(=O)NC(SCc2ccccc2CSC2=NC(=O)CC(=O)N2)=N1. The summed E-state index contributed by atoms with van der Waals surface area (Å²) in [4.78, 5) is 53.1. The molecule has 1 aromatic carbocycles. The minimum Gasteiger partial charge on any atom is -0.305 e. The first-order valence-corrected chi connectivity index (χ1v) is 9.62. The van der Waals surface area contributed by atoms with Gasteiger partial charge >= 0.3 is 0 Å². The van der Waals surface area contributed by atoms with Crippen LogP contribution < -0.4 is 10.6 Å². The van der Waals surface area contributed by atoms with E-state index in [4.69, 9.17) is 0 Å². The van der Waals surface area contributed by atoms with Crippen LogP contribution in [0, 0.1) is 0 Å². The molecule has 0 atom stereocenters. The average molecular weight is 390 g/mol. The average Bonchev–Trinajstić information content (AvgIpc) is 2.57. The lowest BCUT2D eigenvalue weighted by Crippen LogP contribution is -2.35. The van der Waals surface area contributed by atoms with Crippen molar-refractivity contribution >= 4 is 57.5 Å². The maximum atomic E-state index is 11.4. The van der Waals surface area contributed by atoms with Crippen LogP contribution in [0.3, 0.4) is 0 Å². The summed E-state index contributed by atoms with van der Waals surface area (Å²) in [5.41, 5.74) is 1.99. The van der Waals surface area contributed by atoms with Gasteiger partial charge in [0.25, 0.3) is 11.8 Å². The highest BCUT2D eigenvalue weighted by atomic mass is 32.2. The standard InChI is InChI=1S/C16H14N4O4S2/c21-11-5-12(22)18-15(17-11)25-7-9-3-1-2-4-10(9)8-26-16-19-13(23)6-14(24)20-16/h1-4H,5-8H2,(H,17,18,21,22)(H,19,20,23,24). The van der Waals surface area contributed by atoms with E-state index in [0.29, 0.717) is 21.8 Å². The number of thioether (sulfide) groups is 2. The fourth-order valence-corrected chi connectivity index (χ4v) is 4.08. The number of benzene rings is 1. The van der Waals surface area contributed by atoms with Crippen molar-refractivity contribution in [2.75, 3.05) is 0 Å². The Balaban J connectivity index is 1.63. The highest BCUT2D eigenvalue weighted by Crippen LogP contribution is 2.23. The predicted molar refractivity (Wildman–Crippen MR) is 99.4 cm³/mol. The van der Waals surface area contributed by atoms with Crippen LogP contribution in [0.15, 0.2) is 34.3 Å². The molecule has 1 aromatic rings. The number of hydrogen-bond donors (Lipinski definition) is 2. The highest BCUT2D eigenvalue weighted by Gasteiger charge is 2.20. The summed E-state index contributed by atoms with van der Waals surface area (Å²) in [6.07, 6.45) is -0.437. The molecule has 8 nitrogen and oxygen atoms in total. The molecule has 0 spiro atoms. The van der Waals surface area contributed by atoms with Gasteiger partial charge in [-0.15, -0.1) is 0 Å². The van der Waals surface area contributed by atoms with Gasteiger partial charge in [-0.25, -0.2) is 0 Å². The molecule has 0 fully saturated rings. The number of rotatable bonds is 4. The zero-order chi connectivity index (χ0) is 18.5. The zero-order valence-corrected chi connectivity index (χ0v) is 15.1. The second kappa shape index (κ2) is 8.28. The van der Waals surface area contributed by atoms with Gasteiger partial charge < -0.3 is 10.6 Å². The first kappa shape index (κ1) is 18.3. The molecular formula is C16H14N4O4S2. The fourth-order valence-electron chi connectivity index (χ4n) is 2.23. The van der Waals surface area contributed by atoms with Crippen LogP contribution in [0.25, 0.3) is 0 Å². The van der Waals surface area contributed by atoms with Crippen LogP contribution >= 0.6 is 23.5 Å². The van der Waals surface area contributed by atoms with Gasteiger partial charge in [0.2, 0.25) is 11.8 Å². The third-order valence-electron chi connectivity index (χ3n) is 3.42. The van der Waals surface area contributed by atoms with Gasteiger partial charge in [0, 0.05) is 11.5 Å². The molecule has 134 valence electrons. The normalized spacial score (nSPS) is 17.4. The molecule has 2 heterocycles. The van der Waals surface area contributed by atoms with E-state index >= 15 is 0 Å². The second-order valence-corrected chi connectivity index (χ2v) is 7.35. The third kappa shape index (κ3) is 5.02. The summed E-state index contributed by atoms with van der Waals surface area (Å²) in [5.74, 6) is -0.576. The summed E-state index contributed by atoms with van der Waals surface area (Å²) < 4.78 is 0. The number of carbonyl (C=O) groups is 4. The van der Waals surface area contributed by atoms with Gasteiger partial charge in [-0.05, 0) is 11.1 Å². The van der Waals surface area contributed by atoms with Gasteiger partial charge in [0.1, 0.15) is 12.8 Å². The Labute approximate surface area is 157 Å². The van der Waals surface area contributed by atoms with Crippen LogP contribution in [0.4, 0.5) is 0 Å². The number of hydrogen-bond acceptors (Lipinski definition) is 6. The van der Waals surface area contributed by atoms with Crippen molar-refractivity contribution in [3.63, 3.8) is 0 Å². The monoisotopic (exact) mass is 390 g/mol. The van der Waals surface area contributed by atoms with E-state index in [2.05, 4.69) is 20.6 Å². The Bertz CT molecular complexity index is 781. The molecule has 0 bridgehead atoms. The Kier molecular flexibility index (Phi) is 5.84. The van der Waals surface area contributed by atoms with E-state index in [-0.39, 0.29) is 24.7 Å². The molecule has 0 aliphatic carbocycles. The Morgan fingerprint density at radius 3 is 1.58 bits per heavy atom. The lowest BCUT2D eigenvalue weighted by Gasteiger charge is -2.14. The molecule has 2 aliphatic heterocycles. The van der Waals surface area contributed by atoms with E-state index < -0.39 is 11.8 Å². The van der Waals surface area contributed by atoms with Crippen molar-refractivity contribution in [2.45, 2.75) is 24.3 Å². The van der Waals surface area contributed by atoms with Crippen LogP contribution in [-0.2, 0) is 30.7 Å². The minimum atomic E-state index is -0.448. The van der Waals surface area contributed by atoms with E-state index in [1.807, 2.05) is 24.3 Å². The van der Waals surface area contributed by atoms with Gasteiger partial charge in [0.15, 0.2) is 10.3 Å². The number of amidine groups is 2. The van der Waals surface area contributed by atoms with Crippen molar-refractivity contribution in [2.24, 2.45) is 9.98 Å². The lowest BCUT2D eigenvalue weighted by molar-refractivity contribution is -0.129. The lowest BCUT2D eigenvalue weighted by atomic mass is 10.1. The van der Waals surface area contributed by atoms with Gasteiger partial charge in [-0.2, -0.15) is 9.98 Å². The molecule has 10 heteroatoms. The molecule has 2 N–H and O–H groups in total. The maximum absolute atomic E-state index is 11.4. The third-order valence-corrected chi connectivity index (χ3v) is 5.26. The van der Waals surface area contributed by atoms with Crippen molar-refractivity contribution in [1.29, 1.82) is 0 Å². The molecule has 0 unspecified atom stereocenters. The smallest absolute Gasteiger partial charge is 0.257 e. The first-order valence-electron chi connectivity index (χ1n) is 7.65. The van der Waals surface area contributed by atoms with E-state index in [1.54, 1.807) is 0 Å². The molecule has 0 radical (unpaired) electrons. The molecule has 0 saturated carbocycles. The van der Waals surface area contributed by atoms with Gasteiger partial charge in [-0.1, -0.05) is 47.8 Å². The maximum Gasteiger partial charge on any atom is 0.257 e. The van der Waals surface area contributed by atoms with Crippen LogP contribution in [0.5, 0.6) is 0 Å². The molecule has 2 aliphatic rings. The number of aliphatic imine (C=N–C) groups is 2. The van der Waals surface area contributed by atoms with Crippen LogP contribution in [-0.4, -0.2) is 34.0 Å². The summed E-state index contributed by atoms with van der Waals surface area (Å²) >= 11 is 2.54. The van der Waals surface area contributed by atoms with Crippen LogP contribution in [0.1, 0.15) is 24.0 Å². The van der Waals surface area contributed by atoms with Crippen molar-refractivity contribution in [3.8, 4) is 0 Å². The zero-order valence-electron chi connectivity index (χ0n) is 13.5. The number of amides is 4. The number of carbonyl (C=O) groups excluding carboxylic acids is 4. The molecular weight excluding hydrogens is 376 g/mol. The van der Waals surface area contributed by atoms with E-state index in [9.17, 15) is 19.2 Å². The van der Waals surface area contributed by atoms with Crippen molar-refractivity contribution < 1.29 is 19.2 Å². The molecule has 3 rings (SSSR count). The summed E-state index contributed by atoms with van der Waals surface area (Å²) in [7, 11) is 0. The quantitative estimate of drug-likeness (QED) is 0.740. The number of nitrogens with one attached hydrogen (secondary N) is 2. The minimum absolute atomic E-state index is 0.218. The summed E-state index contributed by atoms with van der Waals surface area (Å²) in [6, 6.07) is 7.64. The molecule has 0 aromatic heterocycles. The number of nitrogens with zero attached hydrogens (tertiary/aromatic N) is 2. The second-order valence-electron chi connectivity index (χ2n) is 5.42. The van der Waals surface area contributed by atoms with E-state index in [0.717, 1.165) is 11.1 Å². The van der Waals surface area contributed by atoms with Gasteiger partial charge in [-0.3, -0.25) is 19.2 Å².